The highest BCUT2D eigenvalue weighted by molar-refractivity contribution is 6.30. The molecule has 9 heteroatoms. The molecule has 0 radical (unpaired) electrons. The molecule has 28 heavy (non-hydrogen) atoms. The van der Waals surface area contributed by atoms with Gasteiger partial charge in [0, 0.05) is 24.0 Å². The van der Waals surface area contributed by atoms with Gasteiger partial charge < -0.3 is 20.5 Å². The lowest BCUT2D eigenvalue weighted by Gasteiger charge is -2.16. The average molecular weight is 405 g/mol. The molecule has 2 aromatic rings. The number of nitrogens with one attached hydrogen (secondary N) is 3. The van der Waals surface area contributed by atoms with Gasteiger partial charge in [0.15, 0.2) is 5.82 Å². The van der Waals surface area contributed by atoms with Crippen molar-refractivity contribution in [2.24, 2.45) is 0 Å². The molecule has 1 aromatic heterocycles. The Morgan fingerprint density at radius 3 is 2.68 bits per heavy atom. The predicted octanol–water partition coefficient (Wildman–Crippen LogP) is 1.99. The van der Waals surface area contributed by atoms with E-state index >= 15 is 0 Å². The van der Waals surface area contributed by atoms with Crippen LogP contribution >= 0.6 is 11.6 Å². The van der Waals surface area contributed by atoms with Crippen LogP contribution in [-0.4, -0.2) is 39.3 Å². The smallest absolute Gasteiger partial charge is 0.315 e. The summed E-state index contributed by atoms with van der Waals surface area (Å²) < 4.78 is 1.84. The lowest BCUT2D eigenvalue weighted by atomic mass is 10.1. The topological polar surface area (TPSA) is 101 Å². The largest absolute Gasteiger partial charge is 0.354 e. The number of amides is 3. The van der Waals surface area contributed by atoms with Gasteiger partial charge in [-0.05, 0) is 44.4 Å². The van der Waals surface area contributed by atoms with Crippen molar-refractivity contribution in [3.63, 3.8) is 0 Å². The lowest BCUT2D eigenvalue weighted by molar-refractivity contribution is -0.124. The molecule has 1 aromatic carbocycles. The summed E-state index contributed by atoms with van der Waals surface area (Å²) in [4.78, 5) is 24.5. The first kappa shape index (κ1) is 20.1. The molecule has 1 aliphatic heterocycles. The Hall–Kier alpha value is -2.61. The number of aryl methyl sites for hydroxylation is 1. The monoisotopic (exact) mass is 404 g/mol. The van der Waals surface area contributed by atoms with E-state index in [2.05, 4.69) is 26.1 Å². The first-order chi connectivity index (χ1) is 13.4. The Labute approximate surface area is 169 Å². The first-order valence-corrected chi connectivity index (χ1v) is 9.81. The summed E-state index contributed by atoms with van der Waals surface area (Å²) in [5.41, 5.74) is 1.11. The highest BCUT2D eigenvalue weighted by Gasteiger charge is 2.32. The molecule has 0 spiro atoms. The van der Waals surface area contributed by atoms with Crippen molar-refractivity contribution >= 4 is 23.5 Å². The third kappa shape index (κ3) is 5.01. The van der Waals surface area contributed by atoms with Gasteiger partial charge in [0.05, 0.1) is 6.54 Å². The van der Waals surface area contributed by atoms with E-state index in [1.165, 1.54) is 0 Å². The molecule has 0 saturated carbocycles. The van der Waals surface area contributed by atoms with E-state index in [0.29, 0.717) is 30.2 Å². The summed E-state index contributed by atoms with van der Waals surface area (Å²) in [6.45, 7) is 4.54. The summed E-state index contributed by atoms with van der Waals surface area (Å²) in [6, 6.07) is 7.02. The second-order valence-electron chi connectivity index (χ2n) is 7.11. The number of rotatable bonds is 7. The van der Waals surface area contributed by atoms with E-state index < -0.39 is 0 Å². The Morgan fingerprint density at radius 1 is 1.21 bits per heavy atom. The number of aromatic nitrogens is 3. The highest BCUT2D eigenvalue weighted by Crippen LogP contribution is 2.26. The molecule has 2 heterocycles. The Kier molecular flexibility index (Phi) is 6.51. The van der Waals surface area contributed by atoms with E-state index in [1.807, 2.05) is 42.7 Å². The molecule has 3 N–H and O–H groups in total. The van der Waals surface area contributed by atoms with Crippen LogP contribution in [-0.2, 0) is 24.2 Å². The summed E-state index contributed by atoms with van der Waals surface area (Å²) >= 11 is 5.89. The Balaban J connectivity index is 1.55. The number of halogens is 1. The van der Waals surface area contributed by atoms with Crippen LogP contribution in [0.1, 0.15) is 43.5 Å². The van der Waals surface area contributed by atoms with Crippen molar-refractivity contribution in [1.29, 1.82) is 0 Å². The van der Waals surface area contributed by atoms with E-state index in [0.717, 1.165) is 17.8 Å². The van der Waals surface area contributed by atoms with Crippen molar-refractivity contribution in [2.45, 2.75) is 51.7 Å². The minimum absolute atomic E-state index is 0.0447. The second-order valence-corrected chi connectivity index (χ2v) is 7.54. The molecular formula is C19H25ClN6O2. The second kappa shape index (κ2) is 9.05. The quantitative estimate of drug-likeness (QED) is 0.656. The van der Waals surface area contributed by atoms with Gasteiger partial charge in [-0.15, -0.1) is 10.2 Å². The molecule has 3 rings (SSSR count). The van der Waals surface area contributed by atoms with Gasteiger partial charge in [0.2, 0.25) is 5.91 Å². The molecule has 3 amide bonds. The van der Waals surface area contributed by atoms with Gasteiger partial charge >= 0.3 is 6.03 Å². The third-order valence-electron chi connectivity index (χ3n) is 4.55. The van der Waals surface area contributed by atoms with E-state index in [-0.39, 0.29) is 30.6 Å². The summed E-state index contributed by atoms with van der Waals surface area (Å²) in [7, 11) is 0. The lowest BCUT2D eigenvalue weighted by Crippen LogP contribution is -2.40. The number of carbonyl (C=O) groups is 2. The van der Waals surface area contributed by atoms with Crippen LogP contribution in [0.15, 0.2) is 24.3 Å². The van der Waals surface area contributed by atoms with E-state index in [9.17, 15) is 9.59 Å². The van der Waals surface area contributed by atoms with Crippen molar-refractivity contribution < 1.29 is 9.59 Å². The van der Waals surface area contributed by atoms with Gasteiger partial charge in [-0.2, -0.15) is 0 Å². The van der Waals surface area contributed by atoms with E-state index in [4.69, 9.17) is 11.6 Å². The number of hydrogen-bond acceptors (Lipinski definition) is 4. The SMILES string of the molecule is CC(C)NC(=O)NCc1nnc2n1C(C(=O)NCCc1ccc(Cl)cc1)CC2. The summed E-state index contributed by atoms with van der Waals surface area (Å²) in [5.74, 6) is 1.31. The molecule has 1 aliphatic rings. The number of urea groups is 1. The first-order valence-electron chi connectivity index (χ1n) is 9.43. The number of hydrogen-bond donors (Lipinski definition) is 3. The molecule has 8 nitrogen and oxygen atoms in total. The van der Waals surface area contributed by atoms with E-state index in [1.54, 1.807) is 0 Å². The van der Waals surface area contributed by atoms with Gasteiger partial charge in [-0.3, -0.25) is 4.79 Å². The van der Waals surface area contributed by atoms with Crippen molar-refractivity contribution in [3.8, 4) is 0 Å². The van der Waals surface area contributed by atoms with Crippen molar-refractivity contribution in [2.75, 3.05) is 6.54 Å². The van der Waals surface area contributed by atoms with Crippen molar-refractivity contribution in [1.82, 2.24) is 30.7 Å². The fourth-order valence-corrected chi connectivity index (χ4v) is 3.35. The standard InChI is InChI=1S/C19H25ClN6O2/c1-12(2)23-19(28)22-11-17-25-24-16-8-7-15(26(16)17)18(27)21-10-9-13-3-5-14(20)6-4-13/h3-6,12,15H,7-11H2,1-2H3,(H,21,27)(H2,22,23,28). The fraction of sp³-hybridized carbons (Fsp3) is 0.474. The summed E-state index contributed by atoms with van der Waals surface area (Å²) in [6.07, 6.45) is 2.11. The molecule has 0 bridgehead atoms. The van der Waals surface area contributed by atoms with Gasteiger partial charge in [-0.25, -0.2) is 4.79 Å². The molecule has 0 saturated heterocycles. The Bertz CT molecular complexity index is 833. The van der Waals surface area contributed by atoms with Gasteiger partial charge in [0.1, 0.15) is 11.9 Å². The highest BCUT2D eigenvalue weighted by atomic mass is 35.5. The molecule has 1 unspecified atom stereocenters. The number of nitrogens with zero attached hydrogens (tertiary/aromatic N) is 3. The zero-order valence-electron chi connectivity index (χ0n) is 16.0. The van der Waals surface area contributed by atoms with Crippen LogP contribution in [0.3, 0.4) is 0 Å². The zero-order chi connectivity index (χ0) is 20.1. The maximum absolute atomic E-state index is 12.7. The van der Waals surface area contributed by atoms with Crippen LogP contribution in [0, 0.1) is 0 Å². The maximum atomic E-state index is 12.7. The molecule has 0 fully saturated rings. The van der Waals surface area contributed by atoms with Crippen LogP contribution in [0.25, 0.3) is 0 Å². The maximum Gasteiger partial charge on any atom is 0.315 e. The fourth-order valence-electron chi connectivity index (χ4n) is 3.23. The zero-order valence-corrected chi connectivity index (χ0v) is 16.8. The average Bonchev–Trinajstić information content (AvgIpc) is 3.23. The predicted molar refractivity (Wildman–Crippen MR) is 106 cm³/mol. The van der Waals surface area contributed by atoms with Crippen LogP contribution in [0.2, 0.25) is 5.02 Å². The number of fused-ring (bicyclic) bond motifs is 1. The normalized spacial score (nSPS) is 15.4. The minimum atomic E-state index is -0.347. The van der Waals surface area contributed by atoms with Crippen LogP contribution in [0.4, 0.5) is 4.79 Å². The molecular weight excluding hydrogens is 380 g/mol. The number of carbonyl (C=O) groups excluding carboxylic acids is 2. The van der Waals surface area contributed by atoms with Crippen LogP contribution < -0.4 is 16.0 Å². The van der Waals surface area contributed by atoms with Crippen molar-refractivity contribution in [3.05, 3.63) is 46.5 Å². The number of benzene rings is 1. The van der Waals surface area contributed by atoms with Crippen LogP contribution in [0.5, 0.6) is 0 Å². The molecule has 0 aliphatic carbocycles. The molecule has 150 valence electrons. The summed E-state index contributed by atoms with van der Waals surface area (Å²) in [5, 5.41) is 17.5. The molecule has 1 atom stereocenters. The van der Waals surface area contributed by atoms with Gasteiger partial charge in [-0.1, -0.05) is 23.7 Å². The third-order valence-corrected chi connectivity index (χ3v) is 4.80. The van der Waals surface area contributed by atoms with Gasteiger partial charge in [0.25, 0.3) is 0 Å². The minimum Gasteiger partial charge on any atom is -0.354 e. The Morgan fingerprint density at radius 2 is 1.96 bits per heavy atom.